The maximum atomic E-state index is 12.6. The van der Waals surface area contributed by atoms with E-state index in [2.05, 4.69) is 0 Å². The molecule has 0 N–H and O–H groups in total. The van der Waals surface area contributed by atoms with Gasteiger partial charge in [0.2, 0.25) is 0 Å². The Morgan fingerprint density at radius 3 is 1.76 bits per heavy atom. The molecule has 0 saturated carbocycles. The highest BCUT2D eigenvalue weighted by atomic mass is 32.2. The summed E-state index contributed by atoms with van der Waals surface area (Å²) in [5.74, 6) is -12.5. The molecule has 100 valence electrons. The molecule has 0 saturated heterocycles. The highest BCUT2D eigenvalue weighted by Crippen LogP contribution is 2.47. The van der Waals surface area contributed by atoms with Crippen LogP contribution in [-0.2, 0) is 14.8 Å². The lowest BCUT2D eigenvalue weighted by molar-refractivity contribution is -0.262. The Morgan fingerprint density at radius 1 is 1.06 bits per heavy atom. The molecule has 17 heavy (non-hydrogen) atoms. The SMILES string of the molecule is O=CC(F)(F)C(F)(F)C(F)(F)S(=O)(=O)N=C[O-]. The molecule has 0 aliphatic rings. The van der Waals surface area contributed by atoms with Crippen molar-refractivity contribution in [2.75, 3.05) is 0 Å². The van der Waals surface area contributed by atoms with Crippen molar-refractivity contribution < 1.29 is 44.7 Å². The van der Waals surface area contributed by atoms with E-state index in [-0.39, 0.29) is 0 Å². The molecule has 0 bridgehead atoms. The van der Waals surface area contributed by atoms with Crippen molar-refractivity contribution in [3.8, 4) is 0 Å². The van der Waals surface area contributed by atoms with E-state index in [4.69, 9.17) is 0 Å². The van der Waals surface area contributed by atoms with Gasteiger partial charge >= 0.3 is 27.1 Å². The molecule has 0 amide bonds. The Balaban J connectivity index is 5.86. The van der Waals surface area contributed by atoms with E-state index in [0.29, 0.717) is 0 Å². The topological polar surface area (TPSA) is 86.6 Å². The summed E-state index contributed by atoms with van der Waals surface area (Å²) >= 11 is 0. The van der Waals surface area contributed by atoms with Gasteiger partial charge in [0.25, 0.3) is 0 Å². The molecule has 0 aliphatic heterocycles. The number of aldehydes is 1. The minimum Gasteiger partial charge on any atom is -0.864 e. The van der Waals surface area contributed by atoms with Crippen LogP contribution in [0.5, 0.6) is 0 Å². The quantitative estimate of drug-likeness (QED) is 0.302. The first-order valence-corrected chi connectivity index (χ1v) is 4.81. The Bertz CT molecular complexity index is 430. The monoisotopic (exact) mass is 286 g/mol. The standard InChI is InChI=1S/C5H3F6NO4S/c6-3(7,1-13)4(8,9)5(10,11)17(15,16)12-2-14/h1-2H,(H,12,14)/p-1. The van der Waals surface area contributed by atoms with Crippen LogP contribution in [0, 0.1) is 0 Å². The van der Waals surface area contributed by atoms with Crippen LogP contribution in [0.3, 0.4) is 0 Å². The smallest absolute Gasteiger partial charge is 0.434 e. The van der Waals surface area contributed by atoms with Crippen molar-refractivity contribution in [2.45, 2.75) is 17.1 Å². The second kappa shape index (κ2) is 4.16. The molecule has 12 heteroatoms. The number of carbonyl (C=O) groups is 1. The van der Waals surface area contributed by atoms with Crippen molar-refractivity contribution in [1.29, 1.82) is 0 Å². The van der Waals surface area contributed by atoms with E-state index in [0.717, 1.165) is 0 Å². The number of carbonyl (C=O) groups excluding carboxylic acids is 1. The van der Waals surface area contributed by atoms with E-state index in [1.54, 1.807) is 0 Å². The molecule has 0 radical (unpaired) electrons. The van der Waals surface area contributed by atoms with E-state index in [9.17, 15) is 44.7 Å². The second-order valence-electron chi connectivity index (χ2n) is 2.52. The first-order valence-electron chi connectivity index (χ1n) is 3.37. The second-order valence-corrected chi connectivity index (χ2v) is 4.19. The maximum Gasteiger partial charge on any atom is 0.434 e. The third kappa shape index (κ3) is 2.21. The van der Waals surface area contributed by atoms with Crippen molar-refractivity contribution in [3.63, 3.8) is 0 Å². The largest absolute Gasteiger partial charge is 0.864 e. The van der Waals surface area contributed by atoms with Crippen LogP contribution < -0.4 is 5.11 Å². The predicted molar refractivity (Wildman–Crippen MR) is 38.3 cm³/mol. The number of hydrogen-bond acceptors (Lipinski definition) is 4. The molecule has 0 aromatic rings. The Kier molecular flexibility index (Phi) is 3.83. The van der Waals surface area contributed by atoms with Crippen LogP contribution in [0.15, 0.2) is 4.40 Å². The average molecular weight is 286 g/mol. The van der Waals surface area contributed by atoms with Gasteiger partial charge in [0.05, 0.1) is 0 Å². The molecule has 0 rings (SSSR count). The number of sulfonamides is 1. The molecule has 0 aromatic heterocycles. The Labute approximate surface area is 89.8 Å². The van der Waals surface area contributed by atoms with Crippen LogP contribution in [0.25, 0.3) is 0 Å². The van der Waals surface area contributed by atoms with Crippen molar-refractivity contribution >= 4 is 22.7 Å². The van der Waals surface area contributed by atoms with Gasteiger partial charge in [0, 0.05) is 0 Å². The van der Waals surface area contributed by atoms with Gasteiger partial charge in [0.1, 0.15) is 0 Å². The third-order valence-electron chi connectivity index (χ3n) is 1.44. The van der Waals surface area contributed by atoms with Crippen LogP contribution in [-0.4, -0.2) is 38.2 Å². The lowest BCUT2D eigenvalue weighted by atomic mass is 10.2. The van der Waals surface area contributed by atoms with Gasteiger partial charge in [-0.1, -0.05) is 0 Å². The summed E-state index contributed by atoms with van der Waals surface area (Å²) in [6, 6.07) is 0. The molecule has 5 nitrogen and oxygen atoms in total. The van der Waals surface area contributed by atoms with Crippen LogP contribution >= 0.6 is 0 Å². The lowest BCUT2D eigenvalue weighted by Gasteiger charge is -2.27. The molecule has 0 atom stereocenters. The van der Waals surface area contributed by atoms with E-state index in [1.807, 2.05) is 0 Å². The third-order valence-corrected chi connectivity index (χ3v) is 2.71. The fourth-order valence-corrected chi connectivity index (χ4v) is 1.26. The zero-order valence-corrected chi connectivity index (χ0v) is 8.23. The highest BCUT2D eigenvalue weighted by Gasteiger charge is 2.77. The van der Waals surface area contributed by atoms with Gasteiger partial charge in [-0.05, 0) is 6.40 Å². The van der Waals surface area contributed by atoms with Crippen molar-refractivity contribution in [2.24, 2.45) is 4.40 Å². The van der Waals surface area contributed by atoms with Gasteiger partial charge in [-0.3, -0.25) is 4.79 Å². The first kappa shape index (κ1) is 15.7. The summed E-state index contributed by atoms with van der Waals surface area (Å²) < 4.78 is 96.9. The summed E-state index contributed by atoms with van der Waals surface area (Å²) in [5.41, 5.74) is 0. The zero-order valence-electron chi connectivity index (χ0n) is 7.41. The summed E-state index contributed by atoms with van der Waals surface area (Å²) in [6.45, 7) is 0. The minimum atomic E-state index is -6.55. The van der Waals surface area contributed by atoms with Crippen molar-refractivity contribution in [3.05, 3.63) is 0 Å². The van der Waals surface area contributed by atoms with Crippen LogP contribution in [0.4, 0.5) is 26.3 Å². The molecule has 0 unspecified atom stereocenters. The normalized spacial score (nSPS) is 15.2. The number of nitrogens with zero attached hydrogens (tertiary/aromatic N) is 1. The van der Waals surface area contributed by atoms with Crippen LogP contribution in [0.1, 0.15) is 0 Å². The van der Waals surface area contributed by atoms with Gasteiger partial charge in [-0.15, -0.1) is 0 Å². The Morgan fingerprint density at radius 2 is 1.47 bits per heavy atom. The van der Waals surface area contributed by atoms with E-state index >= 15 is 0 Å². The molecule has 0 fully saturated rings. The summed E-state index contributed by atoms with van der Waals surface area (Å²) in [5, 5.41) is 3.12. The number of alkyl halides is 6. The number of rotatable bonds is 5. The fourth-order valence-electron chi connectivity index (χ4n) is 0.553. The molecular formula is C5H2F6NO4S-. The Hall–Kier alpha value is -1.33. The summed E-state index contributed by atoms with van der Waals surface area (Å²) in [7, 11) is -6.53. The van der Waals surface area contributed by atoms with E-state index in [1.165, 1.54) is 4.40 Å². The van der Waals surface area contributed by atoms with Gasteiger partial charge in [-0.2, -0.15) is 39.2 Å². The summed E-state index contributed by atoms with van der Waals surface area (Å²) in [6.07, 6.45) is -2.88. The molecular weight excluding hydrogens is 284 g/mol. The van der Waals surface area contributed by atoms with E-state index < -0.39 is 39.8 Å². The van der Waals surface area contributed by atoms with Gasteiger partial charge < -0.3 is 5.11 Å². The van der Waals surface area contributed by atoms with Crippen LogP contribution in [0.2, 0.25) is 0 Å². The highest BCUT2D eigenvalue weighted by molar-refractivity contribution is 7.91. The number of halogens is 6. The first-order chi connectivity index (χ1) is 7.37. The number of hydrogen-bond donors (Lipinski definition) is 0. The fraction of sp³-hybridized carbons (Fsp3) is 0.600. The summed E-state index contributed by atoms with van der Waals surface area (Å²) in [4.78, 5) is 9.55. The predicted octanol–water partition coefficient (Wildman–Crippen LogP) is -0.233. The molecule has 0 aromatic carbocycles. The average Bonchev–Trinajstić information content (AvgIpc) is 2.16. The minimum absolute atomic E-state index is 1.04. The lowest BCUT2D eigenvalue weighted by Crippen LogP contribution is -2.58. The molecule has 0 aliphatic carbocycles. The molecule has 0 heterocycles. The van der Waals surface area contributed by atoms with Gasteiger partial charge in [0.15, 0.2) is 6.29 Å². The van der Waals surface area contributed by atoms with Gasteiger partial charge in [-0.25, -0.2) is 0 Å². The molecule has 0 spiro atoms. The van der Waals surface area contributed by atoms with Crippen molar-refractivity contribution in [1.82, 2.24) is 0 Å². The maximum absolute atomic E-state index is 12.6. The zero-order chi connectivity index (χ0) is 14.1.